The fourth-order valence-electron chi connectivity index (χ4n) is 3.22. The number of hydrogen-bond donors (Lipinski definition) is 1. The van der Waals surface area contributed by atoms with E-state index >= 15 is 0 Å². The molecular weight excluding hydrogens is 220 g/mol. The average molecular weight is 238 g/mol. The molecule has 0 aliphatic heterocycles. The molecular formula is C17H18O. The number of aliphatic hydroxyl groups is 1. The Morgan fingerprint density at radius 3 is 2.44 bits per heavy atom. The Hall–Kier alpha value is -1.60. The van der Waals surface area contributed by atoms with Gasteiger partial charge >= 0.3 is 0 Å². The van der Waals surface area contributed by atoms with Gasteiger partial charge in [-0.3, -0.25) is 0 Å². The molecule has 2 aromatic rings. The van der Waals surface area contributed by atoms with Crippen LogP contribution >= 0.6 is 0 Å². The number of hydrogen-bond acceptors (Lipinski definition) is 1. The lowest BCUT2D eigenvalue weighted by molar-refractivity contribution is 0.133. The van der Waals surface area contributed by atoms with Crippen molar-refractivity contribution in [3.63, 3.8) is 0 Å². The summed E-state index contributed by atoms with van der Waals surface area (Å²) in [6.45, 7) is 2.24. The maximum absolute atomic E-state index is 10.2. The smallest absolute Gasteiger partial charge is 0.0592 e. The molecule has 0 spiro atoms. The molecule has 0 saturated heterocycles. The van der Waals surface area contributed by atoms with Gasteiger partial charge in [0.25, 0.3) is 0 Å². The zero-order valence-electron chi connectivity index (χ0n) is 10.6. The molecule has 92 valence electrons. The van der Waals surface area contributed by atoms with E-state index < -0.39 is 0 Å². The van der Waals surface area contributed by atoms with Crippen LogP contribution in [-0.4, -0.2) is 11.2 Å². The van der Waals surface area contributed by atoms with E-state index in [0.717, 1.165) is 12.8 Å². The van der Waals surface area contributed by atoms with Gasteiger partial charge in [0, 0.05) is 5.41 Å². The molecule has 0 radical (unpaired) electrons. The second-order valence-electron chi connectivity index (χ2n) is 5.42. The normalized spacial score (nSPS) is 26.7. The third kappa shape index (κ3) is 1.75. The Morgan fingerprint density at radius 1 is 1.00 bits per heavy atom. The van der Waals surface area contributed by atoms with Gasteiger partial charge in [0.05, 0.1) is 6.10 Å². The van der Waals surface area contributed by atoms with Crippen LogP contribution in [0.25, 0.3) is 0 Å². The van der Waals surface area contributed by atoms with E-state index in [2.05, 4.69) is 55.5 Å². The molecule has 0 amide bonds. The first-order valence-electron chi connectivity index (χ1n) is 6.52. The predicted octanol–water partition coefficient (Wildman–Crippen LogP) is 3.30. The zero-order chi connectivity index (χ0) is 12.6. The Balaban J connectivity index is 2.17. The van der Waals surface area contributed by atoms with Gasteiger partial charge in [-0.25, -0.2) is 0 Å². The molecule has 1 aliphatic rings. The second-order valence-corrected chi connectivity index (χ2v) is 5.42. The first-order chi connectivity index (χ1) is 8.70. The maximum Gasteiger partial charge on any atom is 0.0592 e. The first-order valence-corrected chi connectivity index (χ1v) is 6.52. The summed E-state index contributed by atoms with van der Waals surface area (Å²) < 4.78 is 0. The lowest BCUT2D eigenvalue weighted by Gasteiger charge is -2.39. The van der Waals surface area contributed by atoms with Gasteiger partial charge < -0.3 is 5.11 Å². The van der Waals surface area contributed by atoms with Crippen LogP contribution in [0.2, 0.25) is 0 Å². The molecule has 2 atom stereocenters. The van der Waals surface area contributed by atoms with Crippen LogP contribution in [0, 0.1) is 0 Å². The van der Waals surface area contributed by atoms with E-state index in [1.54, 1.807) is 0 Å². The minimum atomic E-state index is -0.245. The van der Waals surface area contributed by atoms with E-state index in [0.29, 0.717) is 0 Å². The summed E-state index contributed by atoms with van der Waals surface area (Å²) in [6.07, 6.45) is 1.33. The van der Waals surface area contributed by atoms with Crippen LogP contribution in [0.15, 0.2) is 54.6 Å². The van der Waals surface area contributed by atoms with Crippen LogP contribution < -0.4 is 0 Å². The Bertz CT molecular complexity index is 547. The number of aliphatic hydroxyl groups excluding tert-OH is 1. The third-order valence-electron chi connectivity index (χ3n) is 4.12. The average Bonchev–Trinajstić information content (AvgIpc) is 2.39. The van der Waals surface area contributed by atoms with E-state index in [-0.39, 0.29) is 11.5 Å². The molecule has 1 heteroatoms. The van der Waals surface area contributed by atoms with Crippen molar-refractivity contribution in [3.05, 3.63) is 71.3 Å². The van der Waals surface area contributed by atoms with Gasteiger partial charge in [-0.1, -0.05) is 61.5 Å². The van der Waals surface area contributed by atoms with Gasteiger partial charge in [-0.05, 0) is 29.5 Å². The fraction of sp³-hybridized carbons (Fsp3) is 0.294. The molecule has 1 nitrogen and oxygen atoms in total. The molecule has 0 heterocycles. The molecule has 0 fully saturated rings. The van der Waals surface area contributed by atoms with Crippen LogP contribution in [0.4, 0.5) is 0 Å². The van der Waals surface area contributed by atoms with Gasteiger partial charge in [0.2, 0.25) is 0 Å². The summed E-state index contributed by atoms with van der Waals surface area (Å²) >= 11 is 0. The van der Waals surface area contributed by atoms with Crippen LogP contribution in [0.5, 0.6) is 0 Å². The second kappa shape index (κ2) is 4.25. The molecule has 0 saturated carbocycles. The van der Waals surface area contributed by atoms with Crippen molar-refractivity contribution in [3.8, 4) is 0 Å². The van der Waals surface area contributed by atoms with Crippen molar-refractivity contribution in [2.75, 3.05) is 0 Å². The highest BCUT2D eigenvalue weighted by Crippen LogP contribution is 2.42. The summed E-state index contributed by atoms with van der Waals surface area (Å²) in [7, 11) is 0. The van der Waals surface area contributed by atoms with E-state index in [9.17, 15) is 5.11 Å². The molecule has 0 bridgehead atoms. The minimum absolute atomic E-state index is 0.0739. The van der Waals surface area contributed by atoms with E-state index in [1.165, 1.54) is 16.7 Å². The highest BCUT2D eigenvalue weighted by atomic mass is 16.3. The standard InChI is InChI=1S/C17H18O/c1-17(14-8-3-2-4-9-14)12-15(18)11-13-7-5-6-10-16(13)17/h2-10,15,18H,11-12H2,1H3/t15-,17?/m0/s1. The lowest BCUT2D eigenvalue weighted by Crippen LogP contribution is -2.36. The van der Waals surface area contributed by atoms with E-state index in [1.807, 2.05) is 6.07 Å². The fourth-order valence-corrected chi connectivity index (χ4v) is 3.22. The van der Waals surface area contributed by atoms with Crippen molar-refractivity contribution in [2.24, 2.45) is 0 Å². The highest BCUT2D eigenvalue weighted by Gasteiger charge is 2.36. The van der Waals surface area contributed by atoms with Crippen LogP contribution in [0.1, 0.15) is 30.0 Å². The third-order valence-corrected chi connectivity index (χ3v) is 4.12. The molecule has 2 aromatic carbocycles. The van der Waals surface area contributed by atoms with Crippen molar-refractivity contribution in [2.45, 2.75) is 31.3 Å². The molecule has 18 heavy (non-hydrogen) atoms. The zero-order valence-corrected chi connectivity index (χ0v) is 10.6. The molecule has 1 N–H and O–H groups in total. The molecule has 0 aromatic heterocycles. The topological polar surface area (TPSA) is 20.2 Å². The Kier molecular flexibility index (Phi) is 2.71. The summed E-state index contributed by atoms with van der Waals surface area (Å²) in [5.74, 6) is 0. The van der Waals surface area contributed by atoms with Gasteiger partial charge in [-0.2, -0.15) is 0 Å². The number of benzene rings is 2. The van der Waals surface area contributed by atoms with Crippen LogP contribution in [-0.2, 0) is 11.8 Å². The van der Waals surface area contributed by atoms with Gasteiger partial charge in [-0.15, -0.1) is 0 Å². The molecule has 1 aliphatic carbocycles. The molecule has 3 rings (SSSR count). The monoisotopic (exact) mass is 238 g/mol. The van der Waals surface area contributed by atoms with Crippen molar-refractivity contribution in [1.29, 1.82) is 0 Å². The summed E-state index contributed by atoms with van der Waals surface area (Å²) in [5, 5.41) is 10.2. The highest BCUT2D eigenvalue weighted by molar-refractivity contribution is 5.45. The van der Waals surface area contributed by atoms with Crippen molar-refractivity contribution < 1.29 is 5.11 Å². The maximum atomic E-state index is 10.2. The summed E-state index contributed by atoms with van der Waals surface area (Å²) in [5.41, 5.74) is 3.86. The summed E-state index contributed by atoms with van der Waals surface area (Å²) in [4.78, 5) is 0. The SMILES string of the molecule is CC1(c2ccccc2)C[C@@H](O)Cc2ccccc21. The predicted molar refractivity (Wildman–Crippen MR) is 73.7 cm³/mol. The number of fused-ring (bicyclic) bond motifs is 1. The Morgan fingerprint density at radius 2 is 1.67 bits per heavy atom. The first kappa shape index (κ1) is 11.5. The quantitative estimate of drug-likeness (QED) is 0.808. The van der Waals surface area contributed by atoms with Crippen LogP contribution in [0.3, 0.4) is 0 Å². The number of rotatable bonds is 1. The minimum Gasteiger partial charge on any atom is -0.393 e. The van der Waals surface area contributed by atoms with E-state index in [4.69, 9.17) is 0 Å². The van der Waals surface area contributed by atoms with Gasteiger partial charge in [0.1, 0.15) is 0 Å². The van der Waals surface area contributed by atoms with Crippen molar-refractivity contribution in [1.82, 2.24) is 0 Å². The van der Waals surface area contributed by atoms with Crippen molar-refractivity contribution >= 4 is 0 Å². The largest absolute Gasteiger partial charge is 0.393 e. The Labute approximate surface area is 108 Å². The lowest BCUT2D eigenvalue weighted by atomic mass is 9.66. The molecule has 1 unspecified atom stereocenters. The summed E-state index contributed by atoms with van der Waals surface area (Å²) in [6, 6.07) is 19.0. The van der Waals surface area contributed by atoms with Gasteiger partial charge in [0.15, 0.2) is 0 Å².